The Labute approximate surface area is 208 Å². The summed E-state index contributed by atoms with van der Waals surface area (Å²) < 4.78 is 26.9. The van der Waals surface area contributed by atoms with E-state index >= 15 is 0 Å². The first-order valence-corrected chi connectivity index (χ1v) is 17.2. The van der Waals surface area contributed by atoms with Crippen molar-refractivity contribution in [1.29, 1.82) is 0 Å². The summed E-state index contributed by atoms with van der Waals surface area (Å²) in [5, 5.41) is 0. The van der Waals surface area contributed by atoms with Gasteiger partial charge in [-0.15, -0.1) is 0 Å². The third-order valence-electron chi connectivity index (χ3n) is 6.65. The van der Waals surface area contributed by atoms with Crippen LogP contribution >= 0.6 is 0 Å². The van der Waals surface area contributed by atoms with Gasteiger partial charge in [0.05, 0.1) is 0 Å². The van der Waals surface area contributed by atoms with Crippen molar-refractivity contribution in [3.63, 3.8) is 0 Å². The molecular formula is C29H43AsO4. The second-order valence-electron chi connectivity index (χ2n) is 14.2. The Hall–Kier alpha value is -1.80. The second kappa shape index (κ2) is 6.90. The molecule has 34 heavy (non-hydrogen) atoms. The molecule has 0 aliphatic carbocycles. The van der Waals surface area contributed by atoms with E-state index in [9.17, 15) is 0 Å². The van der Waals surface area contributed by atoms with Gasteiger partial charge < -0.3 is 0 Å². The molecule has 0 N–H and O–H groups in total. The van der Waals surface area contributed by atoms with E-state index in [1.54, 1.807) is 0 Å². The van der Waals surface area contributed by atoms with Gasteiger partial charge in [-0.1, -0.05) is 0 Å². The zero-order valence-corrected chi connectivity index (χ0v) is 25.3. The molecule has 0 fully saturated rings. The Morgan fingerprint density at radius 3 is 1.06 bits per heavy atom. The van der Waals surface area contributed by atoms with Gasteiger partial charge in [0.15, 0.2) is 0 Å². The summed E-state index contributed by atoms with van der Waals surface area (Å²) in [7, 11) is 0. The number of hydrogen-bond donors (Lipinski definition) is 0. The molecule has 0 radical (unpaired) electrons. The zero-order valence-electron chi connectivity index (χ0n) is 23.4. The molecule has 0 atom stereocenters. The van der Waals surface area contributed by atoms with E-state index in [4.69, 9.17) is 14.9 Å². The van der Waals surface area contributed by atoms with Crippen LogP contribution in [0.15, 0.2) is 24.3 Å². The van der Waals surface area contributed by atoms with Crippen molar-refractivity contribution in [2.24, 2.45) is 0 Å². The van der Waals surface area contributed by atoms with Crippen LogP contribution in [-0.4, -0.2) is 13.8 Å². The van der Waals surface area contributed by atoms with Crippen LogP contribution in [0, 0.1) is 0 Å². The predicted molar refractivity (Wildman–Crippen MR) is 142 cm³/mol. The van der Waals surface area contributed by atoms with E-state index in [-0.39, 0.29) is 21.7 Å². The standard InChI is InChI=1S/C29H43AsO4/c1-26(2,3)18-14-20(28(7,8)9)24-22(16-18)31-30(13,33-24)32-23-17-19(27(4,5)6)15-21(25(23)34-30)29(10,11)12/h14-17H,1-13H3. The normalized spacial score (nSPS) is 19.7. The Kier molecular flexibility index (Phi) is 5.14. The van der Waals surface area contributed by atoms with Crippen LogP contribution in [0.1, 0.15) is 105 Å². The van der Waals surface area contributed by atoms with Gasteiger partial charge in [-0.25, -0.2) is 0 Å². The molecule has 2 heterocycles. The number of benzene rings is 2. The summed E-state index contributed by atoms with van der Waals surface area (Å²) in [5.74, 6) is 2.98. The van der Waals surface area contributed by atoms with Crippen LogP contribution in [0.25, 0.3) is 0 Å². The molecule has 4 nitrogen and oxygen atoms in total. The predicted octanol–water partition coefficient (Wildman–Crippen LogP) is 8.14. The van der Waals surface area contributed by atoms with Crippen molar-refractivity contribution >= 4 is 13.8 Å². The Balaban J connectivity index is 1.88. The molecule has 0 saturated carbocycles. The van der Waals surface area contributed by atoms with Crippen LogP contribution in [0.3, 0.4) is 0 Å². The Morgan fingerprint density at radius 2 is 0.794 bits per heavy atom. The van der Waals surface area contributed by atoms with Gasteiger partial charge in [0, 0.05) is 0 Å². The molecule has 5 heteroatoms. The first-order chi connectivity index (χ1) is 15.1. The molecule has 2 aromatic rings. The fraction of sp³-hybridized carbons (Fsp3) is 0.586. The van der Waals surface area contributed by atoms with Gasteiger partial charge in [0.25, 0.3) is 0 Å². The van der Waals surface area contributed by atoms with Crippen molar-refractivity contribution in [2.75, 3.05) is 0 Å². The average molecular weight is 531 g/mol. The summed E-state index contributed by atoms with van der Waals surface area (Å²) in [6.07, 6.45) is 0. The SMILES string of the molecule is CC(C)(C)c1cc2c(c(C(C)(C)C)c1)O[As]1(C)(O2)Oc2cc(C(C)(C)C)cc(C(C)(C)C)c2O1. The third kappa shape index (κ3) is 4.21. The van der Waals surface area contributed by atoms with E-state index in [1.165, 1.54) is 11.1 Å². The Bertz CT molecular complexity index is 1080. The van der Waals surface area contributed by atoms with Crippen LogP contribution in [0.5, 0.6) is 23.0 Å². The minimum absolute atomic E-state index is 0.0253. The molecule has 0 amide bonds. The summed E-state index contributed by atoms with van der Waals surface area (Å²) in [6, 6.07) is 8.72. The number of hydrogen-bond acceptors (Lipinski definition) is 4. The molecule has 4 rings (SSSR count). The van der Waals surface area contributed by atoms with Crippen molar-refractivity contribution < 1.29 is 14.9 Å². The molecule has 0 aromatic heterocycles. The molecule has 2 aliphatic heterocycles. The van der Waals surface area contributed by atoms with E-state index in [0.717, 1.165) is 34.1 Å². The van der Waals surface area contributed by atoms with E-state index in [1.807, 2.05) is 5.71 Å². The van der Waals surface area contributed by atoms with Gasteiger partial charge in [0.1, 0.15) is 0 Å². The molecule has 0 saturated heterocycles. The average Bonchev–Trinajstić information content (AvgIpc) is 3.07. The maximum atomic E-state index is 6.76. The van der Waals surface area contributed by atoms with Crippen molar-refractivity contribution in [3.05, 3.63) is 46.5 Å². The molecule has 2 aromatic carbocycles. The molecule has 0 unspecified atom stereocenters. The molecule has 1 spiro atoms. The van der Waals surface area contributed by atoms with E-state index < -0.39 is 13.8 Å². The van der Waals surface area contributed by atoms with Gasteiger partial charge in [-0.3, -0.25) is 0 Å². The first kappa shape index (κ1) is 25.3. The fourth-order valence-corrected chi connectivity index (χ4v) is 9.83. The topological polar surface area (TPSA) is 36.9 Å². The zero-order chi connectivity index (χ0) is 25.7. The van der Waals surface area contributed by atoms with Crippen LogP contribution in [0.2, 0.25) is 5.71 Å². The molecular weight excluding hydrogens is 487 g/mol. The van der Waals surface area contributed by atoms with Gasteiger partial charge in [-0.2, -0.15) is 0 Å². The minimum atomic E-state index is -4.65. The number of rotatable bonds is 0. The fourth-order valence-electron chi connectivity index (χ4n) is 4.46. The summed E-state index contributed by atoms with van der Waals surface area (Å²) in [4.78, 5) is 0. The van der Waals surface area contributed by atoms with E-state index in [2.05, 4.69) is 107 Å². The summed E-state index contributed by atoms with van der Waals surface area (Å²) >= 11 is -4.65. The van der Waals surface area contributed by atoms with Gasteiger partial charge in [-0.05, 0) is 0 Å². The summed E-state index contributed by atoms with van der Waals surface area (Å²) in [5.41, 5.74) is 6.27. The third-order valence-corrected chi connectivity index (χ3v) is 11.6. The maximum absolute atomic E-state index is 6.76. The van der Waals surface area contributed by atoms with Crippen molar-refractivity contribution in [1.82, 2.24) is 0 Å². The van der Waals surface area contributed by atoms with Gasteiger partial charge >= 0.3 is 209 Å². The quantitative estimate of drug-likeness (QED) is 0.322. The molecule has 2 aliphatic rings. The summed E-state index contributed by atoms with van der Waals surface area (Å²) in [6.45, 7) is 26.5. The number of fused-ring (bicyclic) bond motifs is 2. The van der Waals surface area contributed by atoms with E-state index in [0.29, 0.717) is 0 Å². The second-order valence-corrected chi connectivity index (χ2v) is 20.7. The molecule has 0 bridgehead atoms. The van der Waals surface area contributed by atoms with Crippen LogP contribution in [-0.2, 0) is 21.7 Å². The molecule has 188 valence electrons. The van der Waals surface area contributed by atoms with Crippen LogP contribution < -0.4 is 14.9 Å². The van der Waals surface area contributed by atoms with Crippen LogP contribution in [0.4, 0.5) is 0 Å². The van der Waals surface area contributed by atoms with Crippen molar-refractivity contribution in [2.45, 2.75) is 110 Å². The monoisotopic (exact) mass is 530 g/mol. The Morgan fingerprint density at radius 1 is 0.471 bits per heavy atom. The van der Waals surface area contributed by atoms with Crippen molar-refractivity contribution in [3.8, 4) is 23.0 Å². The van der Waals surface area contributed by atoms with Gasteiger partial charge in [0.2, 0.25) is 0 Å². The first-order valence-electron chi connectivity index (χ1n) is 12.3.